The maximum absolute atomic E-state index is 12.3. The van der Waals surface area contributed by atoms with Crippen molar-refractivity contribution in [3.05, 3.63) is 41.2 Å². The molecule has 0 radical (unpaired) electrons. The smallest absolute Gasteiger partial charge is 0.255 e. The Morgan fingerprint density at radius 3 is 2.62 bits per heavy atom. The third-order valence-electron chi connectivity index (χ3n) is 3.73. The minimum absolute atomic E-state index is 0.210. The molecule has 3 N–H and O–H groups in total. The predicted molar refractivity (Wildman–Crippen MR) is 96.3 cm³/mol. The number of methoxy groups -OCH3 is 1. The van der Waals surface area contributed by atoms with Crippen molar-refractivity contribution in [2.75, 3.05) is 20.3 Å². The summed E-state index contributed by atoms with van der Waals surface area (Å²) in [6, 6.07) is 6.77. The molecule has 2 rings (SSSR count). The first-order valence-corrected chi connectivity index (χ1v) is 8.29. The highest BCUT2D eigenvalue weighted by Gasteiger charge is 2.12. The summed E-state index contributed by atoms with van der Waals surface area (Å²) in [5.41, 5.74) is 7.58. The molecule has 0 saturated heterocycles. The number of rotatable bonds is 9. The largest absolute Gasteiger partial charge is 0.493 e. The van der Waals surface area contributed by atoms with Crippen LogP contribution >= 0.6 is 0 Å². The molecule has 0 spiro atoms. The summed E-state index contributed by atoms with van der Waals surface area (Å²) in [6.07, 6.45) is 0.768. The van der Waals surface area contributed by atoms with Gasteiger partial charge in [0.15, 0.2) is 18.1 Å². The Kier molecular flexibility index (Phi) is 6.60. The molecule has 1 aromatic heterocycles. The predicted octanol–water partition coefficient (Wildman–Crippen LogP) is 1.19. The standard InChI is InChI=1S/C18H24N4O4/c1-12-9-13(2)22(21-12)8-4-7-20-18(24)14-5-6-15(16(10-14)25-3)26-11-17(19)23/h5-6,9-10H,4,7-8,11H2,1-3H3,(H2,19,23)(H,20,24). The van der Waals surface area contributed by atoms with E-state index in [-0.39, 0.29) is 12.5 Å². The molecule has 8 nitrogen and oxygen atoms in total. The highest BCUT2D eigenvalue weighted by atomic mass is 16.5. The van der Waals surface area contributed by atoms with Gasteiger partial charge in [0.05, 0.1) is 12.8 Å². The molecule has 140 valence electrons. The number of aryl methyl sites for hydroxylation is 3. The number of aromatic nitrogens is 2. The van der Waals surface area contributed by atoms with Crippen LogP contribution in [-0.4, -0.2) is 41.9 Å². The Balaban J connectivity index is 1.88. The van der Waals surface area contributed by atoms with Crippen molar-refractivity contribution in [2.24, 2.45) is 5.73 Å². The number of nitrogens with one attached hydrogen (secondary N) is 1. The summed E-state index contributed by atoms with van der Waals surface area (Å²) in [5, 5.41) is 7.25. The maximum atomic E-state index is 12.3. The van der Waals surface area contributed by atoms with Gasteiger partial charge in [0.25, 0.3) is 11.8 Å². The van der Waals surface area contributed by atoms with Crippen LogP contribution in [0.3, 0.4) is 0 Å². The summed E-state index contributed by atoms with van der Waals surface area (Å²) in [6.45, 7) is 4.97. The minimum atomic E-state index is -0.587. The van der Waals surface area contributed by atoms with Crippen molar-refractivity contribution >= 4 is 11.8 Å². The number of hydrogen-bond acceptors (Lipinski definition) is 5. The molecular weight excluding hydrogens is 336 g/mol. The van der Waals surface area contributed by atoms with Crippen molar-refractivity contribution in [3.63, 3.8) is 0 Å². The summed E-state index contributed by atoms with van der Waals surface area (Å²) >= 11 is 0. The van der Waals surface area contributed by atoms with Gasteiger partial charge in [-0.1, -0.05) is 0 Å². The van der Waals surface area contributed by atoms with Gasteiger partial charge in [0.1, 0.15) is 0 Å². The second-order valence-electron chi connectivity index (χ2n) is 5.88. The van der Waals surface area contributed by atoms with Crippen molar-refractivity contribution in [1.29, 1.82) is 0 Å². The van der Waals surface area contributed by atoms with E-state index in [0.717, 1.165) is 24.4 Å². The summed E-state index contributed by atoms with van der Waals surface area (Å²) in [4.78, 5) is 23.1. The average molecular weight is 360 g/mol. The molecule has 0 atom stereocenters. The summed E-state index contributed by atoms with van der Waals surface area (Å²) in [7, 11) is 1.46. The normalized spacial score (nSPS) is 10.4. The van der Waals surface area contributed by atoms with E-state index in [1.54, 1.807) is 18.2 Å². The van der Waals surface area contributed by atoms with Crippen molar-refractivity contribution in [3.8, 4) is 11.5 Å². The van der Waals surface area contributed by atoms with E-state index < -0.39 is 5.91 Å². The molecule has 2 amide bonds. The number of ether oxygens (including phenoxy) is 2. The second-order valence-corrected chi connectivity index (χ2v) is 5.88. The number of amides is 2. The lowest BCUT2D eigenvalue weighted by molar-refractivity contribution is -0.119. The third kappa shape index (κ3) is 5.23. The number of nitrogens with zero attached hydrogens (tertiary/aromatic N) is 2. The molecule has 0 aliphatic heterocycles. The molecule has 26 heavy (non-hydrogen) atoms. The monoisotopic (exact) mass is 360 g/mol. The van der Waals surface area contributed by atoms with Crippen LogP contribution in [0.25, 0.3) is 0 Å². The molecule has 0 aliphatic rings. The fraction of sp³-hybridized carbons (Fsp3) is 0.389. The van der Waals surface area contributed by atoms with Gasteiger partial charge >= 0.3 is 0 Å². The third-order valence-corrected chi connectivity index (χ3v) is 3.73. The van der Waals surface area contributed by atoms with Gasteiger partial charge in [-0.15, -0.1) is 0 Å². The minimum Gasteiger partial charge on any atom is -0.493 e. The van der Waals surface area contributed by atoms with Crippen molar-refractivity contribution in [1.82, 2.24) is 15.1 Å². The zero-order chi connectivity index (χ0) is 19.1. The zero-order valence-electron chi connectivity index (χ0n) is 15.2. The van der Waals surface area contributed by atoms with Crippen LogP contribution in [0.4, 0.5) is 0 Å². The second kappa shape index (κ2) is 8.89. The Labute approximate surface area is 152 Å². The van der Waals surface area contributed by atoms with Gasteiger partial charge in [-0.2, -0.15) is 5.10 Å². The summed E-state index contributed by atoms with van der Waals surface area (Å²) < 4.78 is 12.4. The number of benzene rings is 1. The molecule has 0 saturated carbocycles. The van der Waals surface area contributed by atoms with E-state index in [1.807, 2.05) is 24.6 Å². The van der Waals surface area contributed by atoms with Crippen LogP contribution in [0.1, 0.15) is 28.2 Å². The fourth-order valence-corrected chi connectivity index (χ4v) is 2.51. The molecule has 1 heterocycles. The van der Waals surface area contributed by atoms with E-state index in [9.17, 15) is 9.59 Å². The van der Waals surface area contributed by atoms with Crippen LogP contribution in [0.2, 0.25) is 0 Å². The molecule has 2 aromatic rings. The highest BCUT2D eigenvalue weighted by molar-refractivity contribution is 5.94. The van der Waals surface area contributed by atoms with Crippen LogP contribution in [-0.2, 0) is 11.3 Å². The molecule has 0 aliphatic carbocycles. The molecule has 1 aromatic carbocycles. The Bertz CT molecular complexity index is 785. The van der Waals surface area contributed by atoms with Crippen LogP contribution in [0.15, 0.2) is 24.3 Å². The molecule has 8 heteroatoms. The molecule has 0 fully saturated rings. The lowest BCUT2D eigenvalue weighted by Crippen LogP contribution is -2.25. The van der Waals surface area contributed by atoms with Crippen LogP contribution in [0, 0.1) is 13.8 Å². The highest BCUT2D eigenvalue weighted by Crippen LogP contribution is 2.28. The van der Waals surface area contributed by atoms with Crippen molar-refractivity contribution < 1.29 is 19.1 Å². The Morgan fingerprint density at radius 2 is 2.00 bits per heavy atom. The average Bonchev–Trinajstić information content (AvgIpc) is 2.93. The van der Waals surface area contributed by atoms with Gasteiger partial charge in [-0.3, -0.25) is 14.3 Å². The molecule has 0 bridgehead atoms. The van der Waals surface area contributed by atoms with Gasteiger partial charge in [-0.25, -0.2) is 0 Å². The Hall–Kier alpha value is -3.03. The maximum Gasteiger partial charge on any atom is 0.255 e. The van der Waals surface area contributed by atoms with E-state index in [2.05, 4.69) is 10.4 Å². The van der Waals surface area contributed by atoms with Gasteiger partial charge in [-0.05, 0) is 44.5 Å². The van der Waals surface area contributed by atoms with Gasteiger partial charge in [0.2, 0.25) is 0 Å². The Morgan fingerprint density at radius 1 is 1.23 bits per heavy atom. The topological polar surface area (TPSA) is 108 Å². The quantitative estimate of drug-likeness (QED) is 0.653. The number of primary amides is 1. The van der Waals surface area contributed by atoms with Gasteiger partial charge in [0, 0.05) is 24.3 Å². The lowest BCUT2D eigenvalue weighted by Gasteiger charge is -2.11. The number of nitrogens with two attached hydrogens (primary N) is 1. The fourth-order valence-electron chi connectivity index (χ4n) is 2.51. The van der Waals surface area contributed by atoms with Gasteiger partial charge < -0.3 is 20.5 Å². The molecule has 0 unspecified atom stereocenters. The van der Waals surface area contributed by atoms with Crippen molar-refractivity contribution in [2.45, 2.75) is 26.8 Å². The first-order valence-electron chi connectivity index (χ1n) is 8.29. The van der Waals surface area contributed by atoms with E-state index in [1.165, 1.54) is 7.11 Å². The van der Waals surface area contributed by atoms with E-state index in [4.69, 9.17) is 15.2 Å². The first-order chi connectivity index (χ1) is 12.4. The number of carbonyl (C=O) groups is 2. The molecular formula is C18H24N4O4. The SMILES string of the molecule is COc1cc(C(=O)NCCCn2nc(C)cc2C)ccc1OCC(N)=O. The zero-order valence-corrected chi connectivity index (χ0v) is 15.2. The van der Waals surface area contributed by atoms with Crippen LogP contribution in [0.5, 0.6) is 11.5 Å². The number of hydrogen-bond donors (Lipinski definition) is 2. The lowest BCUT2D eigenvalue weighted by atomic mass is 10.2. The van der Waals surface area contributed by atoms with Crippen LogP contribution < -0.4 is 20.5 Å². The first kappa shape index (κ1) is 19.3. The van der Waals surface area contributed by atoms with E-state index in [0.29, 0.717) is 23.6 Å². The number of carbonyl (C=O) groups excluding carboxylic acids is 2. The van der Waals surface area contributed by atoms with E-state index >= 15 is 0 Å². The summed E-state index contributed by atoms with van der Waals surface area (Å²) in [5.74, 6) is -0.0801.